The molecule has 0 spiro atoms. The first-order valence-electron chi connectivity index (χ1n) is 11.8. The molecule has 0 saturated carbocycles. The third kappa shape index (κ3) is 8.02. The summed E-state index contributed by atoms with van der Waals surface area (Å²) in [5, 5.41) is 15.0. The zero-order valence-electron chi connectivity index (χ0n) is 20.4. The molecule has 0 aliphatic carbocycles. The van der Waals surface area contributed by atoms with Gasteiger partial charge in [0.25, 0.3) is 0 Å². The van der Waals surface area contributed by atoms with Crippen LogP contribution in [-0.4, -0.2) is 88.6 Å². The smallest absolute Gasteiger partial charge is 0.333 e. The molecule has 2 rings (SSSR count). The third-order valence-electron chi connectivity index (χ3n) is 5.91. The number of likely N-dealkylation sites (N-methyl/N-ethyl adjacent to an activating group) is 2. The van der Waals surface area contributed by atoms with Crippen LogP contribution < -0.4 is 5.32 Å². The van der Waals surface area contributed by atoms with Gasteiger partial charge in [0.1, 0.15) is 12.7 Å². The zero-order chi connectivity index (χ0) is 25.1. The Kier molecular flexibility index (Phi) is 10.8. The minimum atomic E-state index is -1.18. The maximum Gasteiger partial charge on any atom is 0.333 e. The van der Waals surface area contributed by atoms with Crippen molar-refractivity contribution in [1.82, 2.24) is 25.1 Å². The minimum absolute atomic E-state index is 0.136. The van der Waals surface area contributed by atoms with Crippen LogP contribution in [0.15, 0.2) is 30.3 Å². The van der Waals surface area contributed by atoms with Crippen LogP contribution in [0.5, 0.6) is 0 Å². The van der Waals surface area contributed by atoms with Gasteiger partial charge in [-0.2, -0.15) is 0 Å². The SMILES string of the molecule is CCCCCCCN(C)C(=O)C(CC(=O)O)N1CN(C(=O)NCc2ccccc2)N(C)CC1=O. The number of carboxylic acid groups (broad SMARTS) is 1. The van der Waals surface area contributed by atoms with Crippen molar-refractivity contribution in [3.8, 4) is 0 Å². The van der Waals surface area contributed by atoms with Crippen LogP contribution in [0.4, 0.5) is 4.79 Å². The maximum absolute atomic E-state index is 13.1. The summed E-state index contributed by atoms with van der Waals surface area (Å²) in [5.74, 6) is -2.01. The zero-order valence-corrected chi connectivity index (χ0v) is 20.4. The van der Waals surface area contributed by atoms with E-state index in [0.29, 0.717) is 13.1 Å². The topological polar surface area (TPSA) is 114 Å². The second kappa shape index (κ2) is 13.5. The summed E-state index contributed by atoms with van der Waals surface area (Å²) in [7, 11) is 3.23. The number of aliphatic carboxylic acids is 1. The highest BCUT2D eigenvalue weighted by atomic mass is 16.4. The number of hydrogen-bond donors (Lipinski definition) is 2. The molecule has 34 heavy (non-hydrogen) atoms. The van der Waals surface area contributed by atoms with E-state index in [-0.39, 0.29) is 13.2 Å². The van der Waals surface area contributed by atoms with Crippen molar-refractivity contribution in [2.24, 2.45) is 0 Å². The van der Waals surface area contributed by atoms with E-state index in [1.807, 2.05) is 30.3 Å². The fraction of sp³-hybridized carbons (Fsp3) is 0.583. The Morgan fingerprint density at radius 2 is 1.79 bits per heavy atom. The van der Waals surface area contributed by atoms with Crippen molar-refractivity contribution >= 4 is 23.8 Å². The van der Waals surface area contributed by atoms with E-state index < -0.39 is 36.3 Å². The molecule has 10 heteroatoms. The lowest BCUT2D eigenvalue weighted by Crippen LogP contribution is -2.65. The molecule has 1 unspecified atom stereocenters. The van der Waals surface area contributed by atoms with E-state index >= 15 is 0 Å². The normalized spacial score (nSPS) is 15.2. The molecule has 0 radical (unpaired) electrons. The summed E-state index contributed by atoms with van der Waals surface area (Å²) >= 11 is 0. The first-order valence-corrected chi connectivity index (χ1v) is 11.8. The van der Waals surface area contributed by atoms with Crippen molar-refractivity contribution in [2.45, 2.75) is 58.0 Å². The van der Waals surface area contributed by atoms with E-state index in [1.165, 1.54) is 19.8 Å². The lowest BCUT2D eigenvalue weighted by molar-refractivity contribution is -0.163. The molecule has 1 fully saturated rings. The summed E-state index contributed by atoms with van der Waals surface area (Å²) in [6.45, 7) is 2.58. The fourth-order valence-electron chi connectivity index (χ4n) is 3.87. The maximum atomic E-state index is 13.1. The Bertz CT molecular complexity index is 834. The van der Waals surface area contributed by atoms with Gasteiger partial charge in [-0.25, -0.2) is 14.8 Å². The lowest BCUT2D eigenvalue weighted by atomic mass is 10.1. The molecule has 1 aromatic carbocycles. The second-order valence-electron chi connectivity index (χ2n) is 8.65. The number of rotatable bonds is 12. The quantitative estimate of drug-likeness (QED) is 0.448. The van der Waals surface area contributed by atoms with Gasteiger partial charge in [-0.3, -0.25) is 14.4 Å². The summed E-state index contributed by atoms with van der Waals surface area (Å²) in [4.78, 5) is 53.0. The minimum Gasteiger partial charge on any atom is -0.481 e. The molecule has 10 nitrogen and oxygen atoms in total. The van der Waals surface area contributed by atoms with Crippen molar-refractivity contribution in [1.29, 1.82) is 0 Å². The van der Waals surface area contributed by atoms with E-state index in [9.17, 15) is 24.3 Å². The van der Waals surface area contributed by atoms with Gasteiger partial charge in [-0.05, 0) is 12.0 Å². The van der Waals surface area contributed by atoms with Gasteiger partial charge in [0, 0.05) is 27.2 Å². The number of unbranched alkanes of at least 4 members (excludes halogenated alkanes) is 4. The van der Waals surface area contributed by atoms with Gasteiger partial charge in [-0.15, -0.1) is 0 Å². The van der Waals surface area contributed by atoms with Crippen LogP contribution in [-0.2, 0) is 20.9 Å². The Morgan fingerprint density at radius 1 is 1.12 bits per heavy atom. The van der Waals surface area contributed by atoms with E-state index in [1.54, 1.807) is 14.1 Å². The van der Waals surface area contributed by atoms with Crippen LogP contribution in [0, 0.1) is 0 Å². The molecule has 1 saturated heterocycles. The van der Waals surface area contributed by atoms with Gasteiger partial charge in [0.15, 0.2) is 0 Å². The van der Waals surface area contributed by atoms with Crippen molar-refractivity contribution in [3.63, 3.8) is 0 Å². The number of carbonyl (C=O) groups is 4. The predicted molar refractivity (Wildman–Crippen MR) is 127 cm³/mol. The molecular formula is C24H37N5O5. The van der Waals surface area contributed by atoms with E-state index in [2.05, 4.69) is 12.2 Å². The van der Waals surface area contributed by atoms with Gasteiger partial charge in [-0.1, -0.05) is 62.9 Å². The Balaban J connectivity index is 2.06. The number of amides is 4. The first kappa shape index (κ1) is 27.1. The highest BCUT2D eigenvalue weighted by Gasteiger charge is 2.40. The number of benzene rings is 1. The Hall–Kier alpha value is -3.14. The number of nitrogens with one attached hydrogen (secondary N) is 1. The molecule has 0 aromatic heterocycles. The number of carboxylic acids is 1. The molecule has 1 aliphatic heterocycles. The lowest BCUT2D eigenvalue weighted by Gasteiger charge is -2.44. The summed E-state index contributed by atoms with van der Waals surface area (Å²) in [5.41, 5.74) is 0.919. The van der Waals surface area contributed by atoms with Gasteiger partial charge >= 0.3 is 12.0 Å². The molecule has 1 heterocycles. The molecule has 188 valence electrons. The summed E-state index contributed by atoms with van der Waals surface area (Å²) < 4.78 is 0. The first-order chi connectivity index (χ1) is 16.2. The van der Waals surface area contributed by atoms with E-state index in [0.717, 1.165) is 37.7 Å². The number of hydrazine groups is 1. The Labute approximate surface area is 201 Å². The van der Waals surface area contributed by atoms with Crippen molar-refractivity contribution in [2.75, 3.05) is 33.9 Å². The molecule has 1 aliphatic rings. The average Bonchev–Trinajstić information content (AvgIpc) is 2.81. The summed E-state index contributed by atoms with van der Waals surface area (Å²) in [6.07, 6.45) is 4.62. The Morgan fingerprint density at radius 3 is 2.44 bits per heavy atom. The highest BCUT2D eigenvalue weighted by Crippen LogP contribution is 2.17. The summed E-state index contributed by atoms with van der Waals surface area (Å²) in [6, 6.07) is 7.79. The van der Waals surface area contributed by atoms with Crippen molar-refractivity contribution < 1.29 is 24.3 Å². The number of urea groups is 1. The van der Waals surface area contributed by atoms with Crippen LogP contribution >= 0.6 is 0 Å². The average molecular weight is 476 g/mol. The fourth-order valence-corrected chi connectivity index (χ4v) is 3.87. The number of carbonyl (C=O) groups excluding carboxylic acids is 3. The second-order valence-corrected chi connectivity index (χ2v) is 8.65. The molecular weight excluding hydrogens is 438 g/mol. The van der Waals surface area contributed by atoms with Crippen LogP contribution in [0.2, 0.25) is 0 Å². The van der Waals surface area contributed by atoms with Crippen LogP contribution in [0.3, 0.4) is 0 Å². The third-order valence-corrected chi connectivity index (χ3v) is 5.91. The van der Waals surface area contributed by atoms with E-state index in [4.69, 9.17) is 0 Å². The standard InChI is InChI=1S/C24H37N5O5/c1-4-5-6-7-11-14-26(2)23(33)20(15-22(31)32)28-18-29(27(3)17-21(28)30)24(34)25-16-19-12-9-8-10-13-19/h8-10,12-13,20H,4-7,11,14-18H2,1-3H3,(H,25,34)(H,31,32). The highest BCUT2D eigenvalue weighted by molar-refractivity contribution is 5.92. The van der Waals surface area contributed by atoms with Crippen molar-refractivity contribution in [3.05, 3.63) is 35.9 Å². The van der Waals surface area contributed by atoms with Gasteiger partial charge in [0.05, 0.1) is 13.0 Å². The van der Waals surface area contributed by atoms with Gasteiger partial charge in [0.2, 0.25) is 11.8 Å². The van der Waals surface area contributed by atoms with Crippen LogP contribution in [0.1, 0.15) is 51.0 Å². The molecule has 1 atom stereocenters. The van der Waals surface area contributed by atoms with Gasteiger partial charge < -0.3 is 20.2 Å². The monoisotopic (exact) mass is 475 g/mol. The molecule has 2 N–H and O–H groups in total. The largest absolute Gasteiger partial charge is 0.481 e. The predicted octanol–water partition coefficient (Wildman–Crippen LogP) is 2.12. The van der Waals surface area contributed by atoms with Crippen LogP contribution in [0.25, 0.3) is 0 Å². The number of hydrogen-bond acceptors (Lipinski definition) is 5. The number of nitrogens with zero attached hydrogens (tertiary/aromatic N) is 4. The molecule has 4 amide bonds. The molecule has 1 aromatic rings. The molecule has 0 bridgehead atoms.